The molecule has 0 saturated carbocycles. The van der Waals surface area contributed by atoms with Crippen LogP contribution in [0.25, 0.3) is 0 Å². The van der Waals surface area contributed by atoms with Crippen LogP contribution in [0.5, 0.6) is 0 Å². The number of hydrogen-bond donors (Lipinski definition) is 1. The largest absolute Gasteiger partial charge is 0.569 e. The van der Waals surface area contributed by atoms with Gasteiger partial charge in [-0.3, -0.25) is 4.84 Å². The van der Waals surface area contributed by atoms with E-state index >= 15 is 0 Å². The molecule has 0 aliphatic heterocycles. The molecule has 10 nitrogen and oxygen atoms in total. The van der Waals surface area contributed by atoms with Gasteiger partial charge in [0, 0.05) is 6.92 Å². The number of carboxylic acid groups (broad SMARTS) is 1. The van der Waals surface area contributed by atoms with Crippen LogP contribution in [-0.2, 0) is 19.1 Å². The van der Waals surface area contributed by atoms with Gasteiger partial charge in [0.15, 0.2) is 5.54 Å². The maximum Gasteiger partial charge on any atom is 0.511 e. The molecule has 0 bridgehead atoms. The number of carboxylic acids is 1. The molecule has 10 heteroatoms. The molecular formula is C11H21N3O7. The lowest BCUT2D eigenvalue weighted by molar-refractivity contribution is -0.719. The third-order valence-corrected chi connectivity index (χ3v) is 2.45. The molecule has 1 atom stereocenters. The van der Waals surface area contributed by atoms with Crippen LogP contribution in [-0.4, -0.2) is 52.2 Å². The van der Waals surface area contributed by atoms with Gasteiger partial charge in [0.25, 0.3) is 6.29 Å². The highest BCUT2D eigenvalue weighted by atomic mass is 16.8. The summed E-state index contributed by atoms with van der Waals surface area (Å²) in [7, 11) is 1.23. The summed E-state index contributed by atoms with van der Waals surface area (Å²) in [5, 5.41) is 24.5. The van der Waals surface area contributed by atoms with Crippen molar-refractivity contribution in [1.29, 1.82) is 0 Å². The molecule has 122 valence electrons. The normalized spacial score (nSPS) is 13.6. The summed E-state index contributed by atoms with van der Waals surface area (Å²) < 4.78 is 9.35. The first-order chi connectivity index (χ1) is 9.48. The summed E-state index contributed by atoms with van der Waals surface area (Å²) in [5.41, 5.74) is -1.49. The third kappa shape index (κ3) is 6.15. The maximum atomic E-state index is 11.6. The Bertz CT molecular complexity index is 409. The molecule has 0 heterocycles. The maximum absolute atomic E-state index is 11.6. The first kappa shape index (κ1) is 18.7. The number of aliphatic carboxylic acids is 1. The molecule has 0 spiro atoms. The highest BCUT2D eigenvalue weighted by Gasteiger charge is 2.38. The van der Waals surface area contributed by atoms with Gasteiger partial charge in [-0.25, -0.2) is 9.59 Å². The van der Waals surface area contributed by atoms with Gasteiger partial charge >= 0.3 is 12.1 Å². The Hall–Kier alpha value is -2.26. The van der Waals surface area contributed by atoms with Crippen molar-refractivity contribution < 1.29 is 34.0 Å². The molecule has 0 radical (unpaired) electrons. The Kier molecular flexibility index (Phi) is 6.70. The molecule has 1 unspecified atom stereocenters. The van der Waals surface area contributed by atoms with E-state index in [1.807, 2.05) is 0 Å². The number of hydrazine groups is 1. The minimum Gasteiger partial charge on any atom is -0.569 e. The molecule has 0 saturated heterocycles. The van der Waals surface area contributed by atoms with Gasteiger partial charge in [-0.15, -0.1) is 5.01 Å². The zero-order valence-electron chi connectivity index (χ0n) is 12.9. The predicted octanol–water partition coefficient (Wildman–Crippen LogP) is 1.50. The first-order valence-corrected chi connectivity index (χ1v) is 6.17. The monoisotopic (exact) mass is 307 g/mol. The highest BCUT2D eigenvalue weighted by Crippen LogP contribution is 2.12. The van der Waals surface area contributed by atoms with Gasteiger partial charge in [0.2, 0.25) is 5.28 Å². The second kappa shape index (κ2) is 7.50. The summed E-state index contributed by atoms with van der Waals surface area (Å²) >= 11 is 0. The number of carbonyl (C=O) groups is 2. The molecule has 0 aromatic heterocycles. The van der Waals surface area contributed by atoms with Gasteiger partial charge in [-0.1, -0.05) is 0 Å². The van der Waals surface area contributed by atoms with E-state index in [1.54, 1.807) is 13.8 Å². The molecule has 0 aliphatic rings. The van der Waals surface area contributed by atoms with E-state index in [4.69, 9.17) is 9.84 Å². The molecule has 0 aromatic carbocycles. The topological polar surface area (TPSA) is 124 Å². The zero-order valence-corrected chi connectivity index (χ0v) is 12.9. The van der Waals surface area contributed by atoms with Gasteiger partial charge in [0.1, 0.15) is 0 Å². The summed E-state index contributed by atoms with van der Waals surface area (Å²) in [4.78, 5) is 26.7. The van der Waals surface area contributed by atoms with Gasteiger partial charge < -0.3 is 19.8 Å². The Morgan fingerprint density at radius 2 is 1.81 bits per heavy atom. The number of carbonyl (C=O) groups excluding carboxylic acids is 1. The SMILES string of the molecule is CC(C)OC(=O)OC(C)O/N=[N+](\[O-])N(C)C(C)(C)C(=O)O. The molecule has 0 aliphatic carbocycles. The Labute approximate surface area is 122 Å². The molecule has 0 fully saturated rings. The van der Waals surface area contributed by atoms with Gasteiger partial charge in [0.05, 0.1) is 18.1 Å². The average Bonchev–Trinajstić information content (AvgIpc) is 2.33. The standard InChI is InChI=1S/C11H21N3O7/c1-7(2)19-10(17)20-8(3)21-12-14(18)13(6)11(4,5)9(15)16/h7-8H,1-6H3,(H,15,16)/b14-12-. The van der Waals surface area contributed by atoms with Crippen molar-refractivity contribution in [2.75, 3.05) is 7.05 Å². The second-order valence-corrected chi connectivity index (χ2v) is 4.93. The number of rotatable bonds is 7. The van der Waals surface area contributed by atoms with Crippen molar-refractivity contribution in [1.82, 2.24) is 5.01 Å². The van der Waals surface area contributed by atoms with E-state index < -0.39 is 24.0 Å². The van der Waals surface area contributed by atoms with Gasteiger partial charge in [-0.05, 0) is 27.7 Å². The van der Waals surface area contributed by atoms with Crippen molar-refractivity contribution in [3.8, 4) is 0 Å². The molecule has 0 rings (SSSR count). The zero-order chi connectivity index (χ0) is 16.8. The van der Waals surface area contributed by atoms with Crippen LogP contribution in [0.1, 0.15) is 34.6 Å². The van der Waals surface area contributed by atoms with E-state index in [-0.39, 0.29) is 11.1 Å². The van der Waals surface area contributed by atoms with Crippen LogP contribution in [0.3, 0.4) is 0 Å². The minimum absolute atomic E-state index is 0.0538. The molecular weight excluding hydrogens is 286 g/mol. The van der Waals surface area contributed by atoms with Crippen molar-refractivity contribution in [2.45, 2.75) is 52.6 Å². The van der Waals surface area contributed by atoms with Crippen molar-refractivity contribution in [3.05, 3.63) is 5.21 Å². The predicted molar refractivity (Wildman–Crippen MR) is 68.8 cm³/mol. The Morgan fingerprint density at radius 1 is 1.29 bits per heavy atom. The second-order valence-electron chi connectivity index (χ2n) is 4.93. The van der Waals surface area contributed by atoms with Crippen molar-refractivity contribution >= 4 is 12.1 Å². The number of likely N-dealkylation sites (N-methyl/N-ethyl adjacent to an activating group) is 1. The van der Waals surface area contributed by atoms with Crippen LogP contribution < -0.4 is 0 Å². The van der Waals surface area contributed by atoms with Crippen LogP contribution in [0.15, 0.2) is 5.28 Å². The van der Waals surface area contributed by atoms with Crippen molar-refractivity contribution in [2.24, 2.45) is 5.28 Å². The van der Waals surface area contributed by atoms with E-state index in [0.717, 1.165) is 5.01 Å². The molecule has 0 amide bonds. The Balaban J connectivity index is 4.53. The van der Waals surface area contributed by atoms with E-state index in [2.05, 4.69) is 14.9 Å². The van der Waals surface area contributed by atoms with Crippen LogP contribution in [0, 0.1) is 5.21 Å². The quantitative estimate of drug-likeness (QED) is 0.247. The Morgan fingerprint density at radius 3 is 2.24 bits per heavy atom. The molecule has 0 aromatic rings. The summed E-state index contributed by atoms with van der Waals surface area (Å²) in [6.45, 7) is 7.23. The molecule has 1 N–H and O–H groups in total. The van der Waals surface area contributed by atoms with Crippen LogP contribution >= 0.6 is 0 Å². The van der Waals surface area contributed by atoms with E-state index in [0.29, 0.717) is 0 Å². The smallest absolute Gasteiger partial charge is 0.511 e. The fourth-order valence-electron chi connectivity index (χ4n) is 0.891. The summed E-state index contributed by atoms with van der Waals surface area (Å²) in [6.07, 6.45) is -2.50. The van der Waals surface area contributed by atoms with Crippen LogP contribution in [0.4, 0.5) is 4.79 Å². The summed E-state index contributed by atoms with van der Waals surface area (Å²) in [6, 6.07) is 0. The van der Waals surface area contributed by atoms with Gasteiger partial charge in [-0.2, -0.15) is 0 Å². The summed E-state index contributed by atoms with van der Waals surface area (Å²) in [5.74, 6) is -1.22. The number of hydrogen-bond acceptors (Lipinski definition) is 7. The minimum atomic E-state index is -1.49. The fraction of sp³-hybridized carbons (Fsp3) is 0.818. The lowest BCUT2D eigenvalue weighted by Gasteiger charge is -2.26. The number of nitrogens with zero attached hydrogens (tertiary/aromatic N) is 3. The number of ether oxygens (including phenoxy) is 2. The first-order valence-electron chi connectivity index (χ1n) is 6.17. The molecule has 21 heavy (non-hydrogen) atoms. The highest BCUT2D eigenvalue weighted by molar-refractivity contribution is 5.77. The third-order valence-electron chi connectivity index (χ3n) is 2.45. The van der Waals surface area contributed by atoms with E-state index in [1.165, 1.54) is 27.8 Å². The lowest BCUT2D eigenvalue weighted by Crippen LogP contribution is -2.50. The van der Waals surface area contributed by atoms with Crippen molar-refractivity contribution in [3.63, 3.8) is 0 Å². The average molecular weight is 307 g/mol. The fourth-order valence-corrected chi connectivity index (χ4v) is 0.891. The lowest BCUT2D eigenvalue weighted by atomic mass is 10.1. The van der Waals surface area contributed by atoms with Crippen LogP contribution in [0.2, 0.25) is 0 Å². The van der Waals surface area contributed by atoms with E-state index in [9.17, 15) is 14.8 Å².